The molecule has 0 amide bonds. The van der Waals surface area contributed by atoms with E-state index >= 15 is 0 Å². The monoisotopic (exact) mass is 196 g/mol. The van der Waals surface area contributed by atoms with Crippen LogP contribution >= 0.6 is 0 Å². The van der Waals surface area contributed by atoms with Gasteiger partial charge in [0.15, 0.2) is 0 Å². The molecule has 0 aromatic carbocycles. The van der Waals surface area contributed by atoms with Gasteiger partial charge in [-0.25, -0.2) is 0 Å². The lowest BCUT2D eigenvalue weighted by Gasteiger charge is -1.93. The number of unbranched alkanes of at least 4 members (excludes halogenated alkanes) is 4. The summed E-state index contributed by atoms with van der Waals surface area (Å²) in [4.78, 5) is 10.4. The van der Waals surface area contributed by atoms with E-state index in [-0.39, 0.29) is 5.97 Å². The van der Waals surface area contributed by atoms with Crippen molar-refractivity contribution in [3.63, 3.8) is 0 Å². The Morgan fingerprint density at radius 2 is 2.00 bits per heavy atom. The maximum atomic E-state index is 10.4. The fourth-order valence-electron chi connectivity index (χ4n) is 1.04. The van der Waals surface area contributed by atoms with Crippen LogP contribution in [0.4, 0.5) is 0 Å². The molecule has 80 valence electrons. The summed E-state index contributed by atoms with van der Waals surface area (Å²) in [5.74, 6) is -0.280. The van der Waals surface area contributed by atoms with Gasteiger partial charge < -0.3 is 4.74 Å². The van der Waals surface area contributed by atoms with Crippen molar-refractivity contribution >= 4 is 5.97 Å². The van der Waals surface area contributed by atoms with Crippen molar-refractivity contribution in [1.29, 1.82) is 0 Å². The summed E-state index contributed by atoms with van der Waals surface area (Å²) < 4.78 is 4.62. The van der Waals surface area contributed by atoms with Crippen LogP contribution in [0, 0.1) is 0 Å². The molecular formula is C12H20O2. The molecule has 0 spiro atoms. The second kappa shape index (κ2) is 10.0. The van der Waals surface area contributed by atoms with Crippen LogP contribution in [0.2, 0.25) is 0 Å². The summed E-state index contributed by atoms with van der Waals surface area (Å²) >= 11 is 0. The van der Waals surface area contributed by atoms with Crippen molar-refractivity contribution in [2.45, 2.75) is 46.0 Å². The lowest BCUT2D eigenvalue weighted by Crippen LogP contribution is -1.88. The molecule has 0 rings (SSSR count). The quantitative estimate of drug-likeness (QED) is 0.269. The first kappa shape index (κ1) is 12.9. The van der Waals surface area contributed by atoms with Crippen LogP contribution in [0.5, 0.6) is 0 Å². The normalized spacial score (nSPS) is 11.3. The van der Waals surface area contributed by atoms with Gasteiger partial charge in [0.2, 0.25) is 0 Å². The van der Waals surface area contributed by atoms with E-state index in [2.05, 4.69) is 17.7 Å². The van der Waals surface area contributed by atoms with Crippen LogP contribution in [0.3, 0.4) is 0 Å². The zero-order valence-electron chi connectivity index (χ0n) is 9.16. The first-order valence-electron chi connectivity index (χ1n) is 5.26. The minimum absolute atomic E-state index is 0.280. The molecule has 0 aromatic heterocycles. The van der Waals surface area contributed by atoms with Gasteiger partial charge in [-0.15, -0.1) is 0 Å². The lowest BCUT2D eigenvalue weighted by molar-refractivity contribution is -0.135. The third-order valence-electron chi connectivity index (χ3n) is 1.78. The summed E-state index contributed by atoms with van der Waals surface area (Å²) in [5.41, 5.74) is 0. The topological polar surface area (TPSA) is 26.3 Å². The lowest BCUT2D eigenvalue weighted by atomic mass is 10.1. The molecule has 0 aliphatic rings. The fraction of sp³-hybridized carbons (Fsp3) is 0.583. The van der Waals surface area contributed by atoms with Crippen LogP contribution in [0.15, 0.2) is 24.5 Å². The van der Waals surface area contributed by atoms with Crippen molar-refractivity contribution in [3.8, 4) is 0 Å². The van der Waals surface area contributed by atoms with E-state index in [1.807, 2.05) is 6.08 Å². The molecular weight excluding hydrogens is 176 g/mol. The van der Waals surface area contributed by atoms with Crippen LogP contribution < -0.4 is 0 Å². The van der Waals surface area contributed by atoms with E-state index in [0.717, 1.165) is 6.42 Å². The highest BCUT2D eigenvalue weighted by Crippen LogP contribution is 2.02. The molecule has 0 saturated heterocycles. The van der Waals surface area contributed by atoms with E-state index in [1.165, 1.54) is 38.9 Å². The second-order valence-corrected chi connectivity index (χ2v) is 3.22. The molecule has 0 atom stereocenters. The summed E-state index contributed by atoms with van der Waals surface area (Å²) in [6, 6.07) is 0. The third-order valence-corrected chi connectivity index (χ3v) is 1.78. The van der Waals surface area contributed by atoms with Gasteiger partial charge in [0.1, 0.15) is 0 Å². The molecule has 2 nitrogen and oxygen atoms in total. The molecule has 0 unspecified atom stereocenters. The largest absolute Gasteiger partial charge is 0.435 e. The van der Waals surface area contributed by atoms with Crippen molar-refractivity contribution in [2.24, 2.45) is 0 Å². The summed E-state index contributed by atoms with van der Waals surface area (Å²) in [7, 11) is 0. The Hall–Kier alpha value is -1.05. The minimum Gasteiger partial charge on any atom is -0.435 e. The van der Waals surface area contributed by atoms with Gasteiger partial charge in [0.05, 0.1) is 6.26 Å². The molecule has 2 heteroatoms. The van der Waals surface area contributed by atoms with E-state index < -0.39 is 0 Å². The molecule has 14 heavy (non-hydrogen) atoms. The molecule has 0 fully saturated rings. The van der Waals surface area contributed by atoms with E-state index in [4.69, 9.17) is 0 Å². The van der Waals surface area contributed by atoms with E-state index in [9.17, 15) is 4.79 Å². The number of ether oxygens (including phenoxy) is 1. The maximum absolute atomic E-state index is 10.4. The number of esters is 1. The predicted octanol–water partition coefficient (Wildman–Crippen LogP) is 3.59. The van der Waals surface area contributed by atoms with Crippen LogP contribution in [-0.2, 0) is 9.53 Å². The van der Waals surface area contributed by atoms with Gasteiger partial charge in [-0.2, -0.15) is 0 Å². The Balaban J connectivity index is 3.26. The molecule has 0 aromatic rings. The number of carbonyl (C=O) groups excluding carboxylic acids is 1. The number of rotatable bonds is 7. The summed E-state index contributed by atoms with van der Waals surface area (Å²) in [6.45, 7) is 3.59. The molecule has 0 aliphatic carbocycles. The van der Waals surface area contributed by atoms with E-state index in [1.54, 1.807) is 6.08 Å². The molecule has 0 bridgehead atoms. The highest BCUT2D eigenvalue weighted by Gasteiger charge is 1.84. The Morgan fingerprint density at radius 3 is 2.64 bits per heavy atom. The van der Waals surface area contributed by atoms with Crippen LogP contribution in [0.1, 0.15) is 46.0 Å². The number of allylic oxidation sites excluding steroid dienone is 3. The molecule has 0 heterocycles. The first-order valence-corrected chi connectivity index (χ1v) is 5.26. The van der Waals surface area contributed by atoms with Gasteiger partial charge >= 0.3 is 5.97 Å². The van der Waals surface area contributed by atoms with Crippen molar-refractivity contribution < 1.29 is 9.53 Å². The van der Waals surface area contributed by atoms with Gasteiger partial charge in [-0.05, 0) is 18.9 Å². The fourth-order valence-corrected chi connectivity index (χ4v) is 1.04. The zero-order valence-corrected chi connectivity index (χ0v) is 9.16. The van der Waals surface area contributed by atoms with Crippen molar-refractivity contribution in [2.75, 3.05) is 0 Å². The van der Waals surface area contributed by atoms with Gasteiger partial charge in [-0.1, -0.05) is 38.3 Å². The van der Waals surface area contributed by atoms with Crippen molar-refractivity contribution in [3.05, 3.63) is 24.5 Å². The Morgan fingerprint density at radius 1 is 1.21 bits per heavy atom. The minimum atomic E-state index is -0.280. The highest BCUT2D eigenvalue weighted by molar-refractivity contribution is 5.66. The molecule has 0 N–H and O–H groups in total. The number of hydrogen-bond donors (Lipinski definition) is 0. The van der Waals surface area contributed by atoms with Crippen LogP contribution in [-0.4, -0.2) is 5.97 Å². The molecule has 0 saturated carbocycles. The first-order chi connectivity index (χ1) is 6.77. The standard InChI is InChI=1S/C12H20O2/c1-3-4-5-6-7-8-9-10-11-14-12(2)13/h8-11H,3-7H2,1-2H3/b9-8-,11-10+. The smallest absolute Gasteiger partial charge is 0.307 e. The summed E-state index contributed by atoms with van der Waals surface area (Å²) in [5, 5.41) is 0. The average Bonchev–Trinajstić information content (AvgIpc) is 2.15. The predicted molar refractivity (Wildman–Crippen MR) is 58.8 cm³/mol. The Kier molecular flexibility index (Phi) is 9.28. The molecule has 0 aliphatic heterocycles. The summed E-state index contributed by atoms with van der Waals surface area (Å²) in [6.07, 6.45) is 13.4. The van der Waals surface area contributed by atoms with Crippen LogP contribution in [0.25, 0.3) is 0 Å². The van der Waals surface area contributed by atoms with Gasteiger partial charge in [0, 0.05) is 6.92 Å². The second-order valence-electron chi connectivity index (χ2n) is 3.22. The average molecular weight is 196 g/mol. The maximum Gasteiger partial charge on any atom is 0.307 e. The van der Waals surface area contributed by atoms with Crippen molar-refractivity contribution in [1.82, 2.24) is 0 Å². The Bertz CT molecular complexity index is 192. The highest BCUT2D eigenvalue weighted by atomic mass is 16.5. The van der Waals surface area contributed by atoms with E-state index in [0.29, 0.717) is 0 Å². The third kappa shape index (κ3) is 11.0. The SMILES string of the molecule is CCCCCC/C=C\C=C\OC(C)=O. The Labute approximate surface area is 86.6 Å². The number of carbonyl (C=O) groups is 1. The number of hydrogen-bond acceptors (Lipinski definition) is 2. The molecule has 0 radical (unpaired) electrons. The van der Waals surface area contributed by atoms with Gasteiger partial charge in [-0.3, -0.25) is 4.79 Å². The van der Waals surface area contributed by atoms with Gasteiger partial charge in [0.25, 0.3) is 0 Å². The zero-order chi connectivity index (χ0) is 10.6.